The molecule has 0 aromatic heterocycles. The monoisotopic (exact) mass is 207 g/mol. The molecule has 3 nitrogen and oxygen atoms in total. The van der Waals surface area contributed by atoms with E-state index in [4.69, 9.17) is 11.5 Å². The van der Waals surface area contributed by atoms with E-state index in [-0.39, 0.29) is 5.56 Å². The Morgan fingerprint density at radius 1 is 1.60 bits per heavy atom. The summed E-state index contributed by atoms with van der Waals surface area (Å²) in [6, 6.07) is 3.56. The number of carbonyl (C=O) groups is 1. The summed E-state index contributed by atoms with van der Waals surface area (Å²) in [5.74, 6) is 0.671. The molecule has 0 amide bonds. The van der Waals surface area contributed by atoms with Crippen molar-refractivity contribution < 1.29 is 14.3 Å². The standard InChI is InChI=1S/C11H10FNO2/c1-2-3-6-13-10-5-4-8(12)7-9(10)11(14)15/h1,4-5,7,13H,3,6H2,(H,14,15). The lowest BCUT2D eigenvalue weighted by molar-refractivity contribution is 0.0697. The van der Waals surface area contributed by atoms with E-state index in [2.05, 4.69) is 11.2 Å². The van der Waals surface area contributed by atoms with Crippen LogP contribution in [0.2, 0.25) is 0 Å². The van der Waals surface area contributed by atoms with Crippen LogP contribution in [0.5, 0.6) is 0 Å². The van der Waals surface area contributed by atoms with Crippen LogP contribution in [0.4, 0.5) is 10.1 Å². The molecule has 15 heavy (non-hydrogen) atoms. The van der Waals surface area contributed by atoms with Crippen LogP contribution in [-0.4, -0.2) is 17.6 Å². The molecule has 2 N–H and O–H groups in total. The Morgan fingerprint density at radius 3 is 2.93 bits per heavy atom. The lowest BCUT2D eigenvalue weighted by atomic mass is 10.1. The van der Waals surface area contributed by atoms with E-state index in [0.717, 1.165) is 6.07 Å². The van der Waals surface area contributed by atoms with Gasteiger partial charge in [0.25, 0.3) is 0 Å². The van der Waals surface area contributed by atoms with E-state index in [0.29, 0.717) is 18.7 Å². The lowest BCUT2D eigenvalue weighted by Gasteiger charge is -2.07. The van der Waals surface area contributed by atoms with Gasteiger partial charge in [0, 0.05) is 18.7 Å². The molecule has 0 unspecified atom stereocenters. The minimum Gasteiger partial charge on any atom is -0.478 e. The molecular weight excluding hydrogens is 197 g/mol. The van der Waals surface area contributed by atoms with Crippen LogP contribution < -0.4 is 5.32 Å². The maximum atomic E-state index is 12.8. The van der Waals surface area contributed by atoms with Gasteiger partial charge in [0.1, 0.15) is 5.82 Å². The summed E-state index contributed by atoms with van der Waals surface area (Å²) in [6.45, 7) is 0.461. The van der Waals surface area contributed by atoms with Crippen LogP contribution in [0.15, 0.2) is 18.2 Å². The maximum absolute atomic E-state index is 12.8. The van der Waals surface area contributed by atoms with Crippen LogP contribution in [-0.2, 0) is 0 Å². The van der Waals surface area contributed by atoms with Crippen molar-refractivity contribution in [3.05, 3.63) is 29.6 Å². The van der Waals surface area contributed by atoms with Gasteiger partial charge in [-0.05, 0) is 18.2 Å². The molecule has 0 aliphatic rings. The zero-order valence-electron chi connectivity index (χ0n) is 7.96. The highest BCUT2D eigenvalue weighted by Crippen LogP contribution is 2.16. The summed E-state index contributed by atoms with van der Waals surface area (Å²) >= 11 is 0. The number of terminal acetylenes is 1. The van der Waals surface area contributed by atoms with Crippen LogP contribution in [0.3, 0.4) is 0 Å². The third-order valence-corrected chi connectivity index (χ3v) is 1.80. The topological polar surface area (TPSA) is 49.3 Å². The predicted octanol–water partition coefficient (Wildman–Crippen LogP) is 1.96. The summed E-state index contributed by atoms with van der Waals surface area (Å²) in [5.41, 5.74) is 0.283. The van der Waals surface area contributed by atoms with Crippen molar-refractivity contribution in [2.45, 2.75) is 6.42 Å². The summed E-state index contributed by atoms with van der Waals surface area (Å²) in [5, 5.41) is 11.6. The van der Waals surface area contributed by atoms with E-state index < -0.39 is 11.8 Å². The Hall–Kier alpha value is -2.02. The van der Waals surface area contributed by atoms with Crippen molar-refractivity contribution in [1.82, 2.24) is 0 Å². The van der Waals surface area contributed by atoms with Gasteiger partial charge in [-0.3, -0.25) is 0 Å². The number of benzene rings is 1. The molecule has 0 heterocycles. The minimum atomic E-state index is -1.17. The SMILES string of the molecule is C#CCCNc1ccc(F)cc1C(=O)O. The number of rotatable bonds is 4. The molecular formula is C11H10FNO2. The number of carboxylic acid groups (broad SMARTS) is 1. The number of anilines is 1. The van der Waals surface area contributed by atoms with Gasteiger partial charge >= 0.3 is 5.97 Å². The highest BCUT2D eigenvalue weighted by molar-refractivity contribution is 5.94. The van der Waals surface area contributed by atoms with Gasteiger partial charge in [0.05, 0.1) is 5.56 Å². The van der Waals surface area contributed by atoms with E-state index in [1.54, 1.807) is 0 Å². The Morgan fingerprint density at radius 2 is 2.33 bits per heavy atom. The molecule has 0 aliphatic heterocycles. The van der Waals surface area contributed by atoms with E-state index in [9.17, 15) is 9.18 Å². The number of carboxylic acids is 1. The van der Waals surface area contributed by atoms with Crippen molar-refractivity contribution in [3.8, 4) is 12.3 Å². The fourth-order valence-electron chi connectivity index (χ4n) is 1.12. The van der Waals surface area contributed by atoms with Gasteiger partial charge in [-0.25, -0.2) is 9.18 Å². The smallest absolute Gasteiger partial charge is 0.337 e. The normalized spacial score (nSPS) is 9.33. The fraction of sp³-hybridized carbons (Fsp3) is 0.182. The first-order valence-electron chi connectivity index (χ1n) is 4.35. The lowest BCUT2D eigenvalue weighted by Crippen LogP contribution is -2.07. The molecule has 0 atom stereocenters. The Kier molecular flexibility index (Phi) is 3.69. The first-order chi connectivity index (χ1) is 7.15. The maximum Gasteiger partial charge on any atom is 0.337 e. The third kappa shape index (κ3) is 2.99. The minimum absolute atomic E-state index is 0.0907. The number of nitrogens with one attached hydrogen (secondary N) is 1. The second kappa shape index (κ2) is 5.01. The van der Waals surface area contributed by atoms with Crippen LogP contribution >= 0.6 is 0 Å². The van der Waals surface area contributed by atoms with Gasteiger partial charge in [-0.15, -0.1) is 12.3 Å². The highest BCUT2D eigenvalue weighted by atomic mass is 19.1. The van der Waals surface area contributed by atoms with Crippen molar-refractivity contribution in [2.75, 3.05) is 11.9 Å². The second-order valence-corrected chi connectivity index (χ2v) is 2.88. The summed E-state index contributed by atoms with van der Waals surface area (Å²) in [6.07, 6.45) is 5.53. The number of hydrogen-bond acceptors (Lipinski definition) is 2. The van der Waals surface area contributed by atoms with Crippen molar-refractivity contribution >= 4 is 11.7 Å². The molecule has 0 aliphatic carbocycles. The number of halogens is 1. The predicted molar refractivity (Wildman–Crippen MR) is 55.3 cm³/mol. The van der Waals surface area contributed by atoms with Crippen LogP contribution in [0, 0.1) is 18.2 Å². The molecule has 1 rings (SSSR count). The van der Waals surface area contributed by atoms with Gasteiger partial charge in [0.2, 0.25) is 0 Å². The van der Waals surface area contributed by atoms with Crippen molar-refractivity contribution in [2.24, 2.45) is 0 Å². The average Bonchev–Trinajstić information content (AvgIpc) is 2.20. The van der Waals surface area contributed by atoms with Crippen LogP contribution in [0.1, 0.15) is 16.8 Å². The summed E-state index contributed by atoms with van der Waals surface area (Å²) in [7, 11) is 0. The molecule has 1 aromatic carbocycles. The number of aromatic carboxylic acids is 1. The molecule has 0 bridgehead atoms. The van der Waals surface area contributed by atoms with Gasteiger partial charge in [0.15, 0.2) is 0 Å². The molecule has 0 saturated heterocycles. The third-order valence-electron chi connectivity index (χ3n) is 1.80. The van der Waals surface area contributed by atoms with Gasteiger partial charge < -0.3 is 10.4 Å². The quantitative estimate of drug-likeness (QED) is 0.586. The summed E-state index contributed by atoms with van der Waals surface area (Å²) < 4.78 is 12.8. The molecule has 1 aromatic rings. The van der Waals surface area contributed by atoms with Gasteiger partial charge in [-0.1, -0.05) is 0 Å². The summed E-state index contributed by atoms with van der Waals surface area (Å²) in [4.78, 5) is 10.8. The molecule has 0 spiro atoms. The molecule has 0 fully saturated rings. The van der Waals surface area contributed by atoms with Crippen LogP contribution in [0.25, 0.3) is 0 Å². The van der Waals surface area contributed by atoms with Crippen molar-refractivity contribution in [3.63, 3.8) is 0 Å². The van der Waals surface area contributed by atoms with Crippen molar-refractivity contribution in [1.29, 1.82) is 0 Å². The fourth-order valence-corrected chi connectivity index (χ4v) is 1.12. The average molecular weight is 207 g/mol. The first kappa shape index (κ1) is 11.1. The Labute approximate surface area is 86.9 Å². The highest BCUT2D eigenvalue weighted by Gasteiger charge is 2.10. The largest absolute Gasteiger partial charge is 0.478 e. The zero-order valence-corrected chi connectivity index (χ0v) is 7.96. The van der Waals surface area contributed by atoms with Gasteiger partial charge in [-0.2, -0.15) is 0 Å². The zero-order chi connectivity index (χ0) is 11.3. The molecule has 0 radical (unpaired) electrons. The Balaban J connectivity index is 2.87. The van der Waals surface area contributed by atoms with E-state index in [1.165, 1.54) is 12.1 Å². The van der Waals surface area contributed by atoms with E-state index >= 15 is 0 Å². The van der Waals surface area contributed by atoms with E-state index in [1.807, 2.05) is 0 Å². The molecule has 4 heteroatoms. The first-order valence-corrected chi connectivity index (χ1v) is 4.35. The number of hydrogen-bond donors (Lipinski definition) is 2. The second-order valence-electron chi connectivity index (χ2n) is 2.88. The molecule has 0 saturated carbocycles. The molecule has 78 valence electrons. The Bertz CT molecular complexity index is 410.